The number of β-amino-alcohol motifs (C(OH)–C–C–N with tert-alkyl or cyclic N) is 2. The lowest BCUT2D eigenvalue weighted by atomic mass is 10.1. The summed E-state index contributed by atoms with van der Waals surface area (Å²) in [6.07, 6.45) is -1.58. The van der Waals surface area contributed by atoms with E-state index in [0.717, 1.165) is 5.56 Å². The number of aliphatic hydroxyl groups excluding tert-OH is 2. The number of aliphatic hydroxyl groups is 2. The molecule has 0 aliphatic carbocycles. The van der Waals surface area contributed by atoms with E-state index in [2.05, 4.69) is 5.32 Å². The van der Waals surface area contributed by atoms with Gasteiger partial charge in [0.15, 0.2) is 0 Å². The lowest BCUT2D eigenvalue weighted by Gasteiger charge is -2.23. The average Bonchev–Trinajstić information content (AvgIpc) is 2.78. The number of amides is 1. The van der Waals surface area contributed by atoms with Gasteiger partial charge in [-0.15, -0.1) is 0 Å². The van der Waals surface area contributed by atoms with Crippen molar-refractivity contribution in [1.29, 1.82) is 0 Å². The number of anilines is 1. The van der Waals surface area contributed by atoms with Crippen LogP contribution in [0.3, 0.4) is 0 Å². The van der Waals surface area contributed by atoms with E-state index in [1.165, 1.54) is 0 Å². The van der Waals surface area contributed by atoms with Crippen molar-refractivity contribution in [3.63, 3.8) is 0 Å². The van der Waals surface area contributed by atoms with Gasteiger partial charge in [0.2, 0.25) is 5.91 Å². The zero-order chi connectivity index (χ0) is 14.7. The average molecular weight is 279 g/mol. The molecule has 2 rings (SSSR count). The number of nitrogens with one attached hydrogen (secondary N) is 1. The van der Waals surface area contributed by atoms with Crippen molar-refractivity contribution in [3.8, 4) is 0 Å². The van der Waals surface area contributed by atoms with Crippen LogP contribution in [0.5, 0.6) is 0 Å². The zero-order valence-electron chi connectivity index (χ0n) is 11.5. The van der Waals surface area contributed by atoms with E-state index < -0.39 is 18.2 Å². The summed E-state index contributed by atoms with van der Waals surface area (Å²) in [4.78, 5) is 14.0. The van der Waals surface area contributed by atoms with E-state index in [1.807, 2.05) is 18.2 Å². The fraction of sp³-hybridized carbons (Fsp3) is 0.500. The second-order valence-corrected chi connectivity index (χ2v) is 5.12. The van der Waals surface area contributed by atoms with Gasteiger partial charge in [-0.3, -0.25) is 9.69 Å². The van der Waals surface area contributed by atoms with Gasteiger partial charge in [0.1, 0.15) is 0 Å². The lowest BCUT2D eigenvalue weighted by molar-refractivity contribution is -0.120. The number of hydrogen-bond donors (Lipinski definition) is 4. The first-order chi connectivity index (χ1) is 9.52. The molecular weight excluding hydrogens is 258 g/mol. The highest BCUT2D eigenvalue weighted by Crippen LogP contribution is 2.17. The van der Waals surface area contributed by atoms with Gasteiger partial charge in [0.25, 0.3) is 0 Å². The summed E-state index contributed by atoms with van der Waals surface area (Å²) in [5.41, 5.74) is 7.20. The van der Waals surface area contributed by atoms with E-state index in [-0.39, 0.29) is 5.91 Å². The summed E-state index contributed by atoms with van der Waals surface area (Å²) < 4.78 is 0. The van der Waals surface area contributed by atoms with Crippen LogP contribution in [-0.2, 0) is 11.3 Å². The molecule has 3 unspecified atom stereocenters. The number of carbonyl (C=O) groups is 1. The fourth-order valence-electron chi connectivity index (χ4n) is 2.34. The third-order valence-electron chi connectivity index (χ3n) is 3.71. The van der Waals surface area contributed by atoms with E-state index in [0.29, 0.717) is 25.3 Å². The highest BCUT2D eigenvalue weighted by molar-refractivity contribution is 5.95. The van der Waals surface area contributed by atoms with Crippen molar-refractivity contribution in [1.82, 2.24) is 4.90 Å². The molecule has 0 radical (unpaired) electrons. The second kappa shape index (κ2) is 6.32. The van der Waals surface area contributed by atoms with Crippen molar-refractivity contribution >= 4 is 11.6 Å². The largest absolute Gasteiger partial charge is 0.389 e. The van der Waals surface area contributed by atoms with Crippen LogP contribution in [0, 0.1) is 0 Å². The first-order valence-corrected chi connectivity index (χ1v) is 6.72. The summed E-state index contributed by atoms with van der Waals surface area (Å²) >= 11 is 0. The Balaban J connectivity index is 2.01. The summed E-state index contributed by atoms with van der Waals surface area (Å²) in [6, 6.07) is 6.95. The SMILES string of the molecule is CC(C(=O)Nc1ccccc1CN)N1CC(O)C(O)C1. The topological polar surface area (TPSA) is 98.8 Å². The molecule has 20 heavy (non-hydrogen) atoms. The molecule has 0 aromatic heterocycles. The summed E-state index contributed by atoms with van der Waals surface area (Å²) in [5.74, 6) is -0.174. The highest BCUT2D eigenvalue weighted by atomic mass is 16.3. The van der Waals surface area contributed by atoms with E-state index in [9.17, 15) is 15.0 Å². The normalized spacial score (nSPS) is 24.6. The molecule has 1 aromatic carbocycles. The van der Waals surface area contributed by atoms with Crippen LogP contribution in [0.4, 0.5) is 5.69 Å². The molecule has 3 atom stereocenters. The van der Waals surface area contributed by atoms with Gasteiger partial charge in [0, 0.05) is 25.3 Å². The molecule has 1 fully saturated rings. The number of carbonyl (C=O) groups excluding carboxylic acids is 1. The third-order valence-corrected chi connectivity index (χ3v) is 3.71. The molecule has 6 heteroatoms. The first-order valence-electron chi connectivity index (χ1n) is 6.72. The monoisotopic (exact) mass is 279 g/mol. The van der Waals surface area contributed by atoms with Gasteiger partial charge in [-0.1, -0.05) is 18.2 Å². The standard InChI is InChI=1S/C14H21N3O3/c1-9(17-7-12(18)13(19)8-17)14(20)16-11-5-3-2-4-10(11)6-15/h2-5,9,12-13,18-19H,6-8,15H2,1H3,(H,16,20). The predicted octanol–water partition coefficient (Wildman–Crippen LogP) is -0.490. The van der Waals surface area contributed by atoms with Crippen LogP contribution < -0.4 is 11.1 Å². The molecule has 1 aliphatic rings. The lowest BCUT2D eigenvalue weighted by Crippen LogP contribution is -2.41. The fourth-order valence-corrected chi connectivity index (χ4v) is 2.34. The number of likely N-dealkylation sites (tertiary alicyclic amines) is 1. The molecular formula is C14H21N3O3. The molecule has 1 aromatic rings. The summed E-state index contributed by atoms with van der Waals surface area (Å²) in [5, 5.41) is 21.9. The maximum atomic E-state index is 12.2. The van der Waals surface area contributed by atoms with Crippen molar-refractivity contribution in [2.45, 2.75) is 31.7 Å². The van der Waals surface area contributed by atoms with E-state index in [1.54, 1.807) is 17.9 Å². The number of nitrogens with two attached hydrogens (primary N) is 1. The Labute approximate surface area is 118 Å². The predicted molar refractivity (Wildman–Crippen MR) is 76.0 cm³/mol. The van der Waals surface area contributed by atoms with Crippen molar-refractivity contribution in [3.05, 3.63) is 29.8 Å². The van der Waals surface area contributed by atoms with Gasteiger partial charge >= 0.3 is 0 Å². The maximum Gasteiger partial charge on any atom is 0.241 e. The van der Waals surface area contributed by atoms with Gasteiger partial charge < -0.3 is 21.3 Å². The highest BCUT2D eigenvalue weighted by Gasteiger charge is 2.34. The second-order valence-electron chi connectivity index (χ2n) is 5.12. The van der Waals surface area contributed by atoms with E-state index >= 15 is 0 Å². The minimum Gasteiger partial charge on any atom is -0.389 e. The summed E-state index contributed by atoms with van der Waals surface area (Å²) in [6.45, 7) is 2.71. The van der Waals surface area contributed by atoms with Crippen LogP contribution in [0.2, 0.25) is 0 Å². The van der Waals surface area contributed by atoms with Gasteiger partial charge in [-0.25, -0.2) is 0 Å². The number of nitrogens with zero attached hydrogens (tertiary/aromatic N) is 1. The minimum absolute atomic E-state index is 0.174. The Kier molecular flexibility index (Phi) is 4.72. The Morgan fingerprint density at radius 1 is 1.40 bits per heavy atom. The molecule has 0 bridgehead atoms. The van der Waals surface area contributed by atoms with Crippen LogP contribution in [0.1, 0.15) is 12.5 Å². The molecule has 6 nitrogen and oxygen atoms in total. The Bertz CT molecular complexity index is 470. The van der Waals surface area contributed by atoms with Crippen LogP contribution in [0.25, 0.3) is 0 Å². The number of benzene rings is 1. The van der Waals surface area contributed by atoms with Gasteiger partial charge in [-0.05, 0) is 18.6 Å². The smallest absolute Gasteiger partial charge is 0.241 e. The molecule has 0 spiro atoms. The van der Waals surface area contributed by atoms with Crippen LogP contribution >= 0.6 is 0 Å². The number of hydrogen-bond acceptors (Lipinski definition) is 5. The van der Waals surface area contributed by atoms with Gasteiger partial charge in [-0.2, -0.15) is 0 Å². The zero-order valence-corrected chi connectivity index (χ0v) is 11.5. The molecule has 1 amide bonds. The van der Waals surface area contributed by atoms with Crippen LogP contribution in [-0.4, -0.2) is 52.4 Å². The molecule has 110 valence electrons. The third kappa shape index (κ3) is 3.16. The molecule has 1 saturated heterocycles. The van der Waals surface area contributed by atoms with Crippen molar-refractivity contribution in [2.75, 3.05) is 18.4 Å². The van der Waals surface area contributed by atoms with Crippen LogP contribution in [0.15, 0.2) is 24.3 Å². The first kappa shape index (κ1) is 14.9. The summed E-state index contributed by atoms with van der Waals surface area (Å²) in [7, 11) is 0. The van der Waals surface area contributed by atoms with Crippen molar-refractivity contribution < 1.29 is 15.0 Å². The van der Waals surface area contributed by atoms with E-state index in [4.69, 9.17) is 5.73 Å². The minimum atomic E-state index is -0.790. The van der Waals surface area contributed by atoms with Gasteiger partial charge in [0.05, 0.1) is 18.2 Å². The quantitative estimate of drug-likeness (QED) is 0.596. The molecule has 1 heterocycles. The van der Waals surface area contributed by atoms with Crippen molar-refractivity contribution in [2.24, 2.45) is 5.73 Å². The Hall–Kier alpha value is -1.47. The molecule has 5 N–H and O–H groups in total. The molecule has 0 saturated carbocycles. The Morgan fingerprint density at radius 3 is 2.60 bits per heavy atom. The molecule has 1 aliphatic heterocycles. The maximum absolute atomic E-state index is 12.2. The number of para-hydroxylation sites is 1. The Morgan fingerprint density at radius 2 is 2.00 bits per heavy atom. The number of rotatable bonds is 4.